The molecule has 0 aliphatic heterocycles. The lowest BCUT2D eigenvalue weighted by molar-refractivity contribution is -0.128. The Labute approximate surface area is 192 Å². The van der Waals surface area contributed by atoms with E-state index in [1.807, 2.05) is 27.7 Å². The molecule has 2 amide bonds. The fourth-order valence-corrected chi connectivity index (χ4v) is 3.39. The van der Waals surface area contributed by atoms with Crippen LogP contribution in [0.3, 0.4) is 0 Å². The third-order valence-electron chi connectivity index (χ3n) is 4.72. The first kappa shape index (κ1) is 24.1. The number of halogens is 1. The Morgan fingerprint density at radius 1 is 1.24 bits per heavy atom. The molecule has 3 aromatic rings. The van der Waals surface area contributed by atoms with Gasteiger partial charge in [-0.2, -0.15) is 4.80 Å². The lowest BCUT2D eigenvalue weighted by Gasteiger charge is -2.33. The van der Waals surface area contributed by atoms with E-state index in [2.05, 4.69) is 20.7 Å². The third-order valence-corrected chi connectivity index (χ3v) is 4.72. The van der Waals surface area contributed by atoms with Gasteiger partial charge in [-0.05, 0) is 69.7 Å². The highest BCUT2D eigenvalue weighted by Gasteiger charge is 2.33. The Hall–Kier alpha value is -3.56. The molecule has 3 rings (SSSR count). The summed E-state index contributed by atoms with van der Waals surface area (Å²) in [6.45, 7) is 9.01. The standard InChI is InChI=1S/C23H29FN6O3/c1-6-8-18(22(32)25-23(3,4)5)30(17-10-7-9-16(24)13-17)20(31)14-29-27-21(26-28-29)19-12-11-15(2)33-19/h7,9-13,18H,6,8,14H2,1-5H3,(H,25,32)/t18-/m0/s1. The quantitative estimate of drug-likeness (QED) is 0.556. The van der Waals surface area contributed by atoms with Gasteiger partial charge in [0.2, 0.25) is 11.7 Å². The van der Waals surface area contributed by atoms with Crippen molar-refractivity contribution in [3.8, 4) is 11.6 Å². The molecule has 2 heterocycles. The normalized spacial score (nSPS) is 12.4. The number of hydrogen-bond donors (Lipinski definition) is 1. The summed E-state index contributed by atoms with van der Waals surface area (Å²) in [6.07, 6.45) is 1.04. The maximum absolute atomic E-state index is 14.0. The zero-order valence-corrected chi connectivity index (χ0v) is 19.5. The summed E-state index contributed by atoms with van der Waals surface area (Å²) < 4.78 is 19.5. The van der Waals surface area contributed by atoms with Crippen molar-refractivity contribution in [3.05, 3.63) is 48.0 Å². The Morgan fingerprint density at radius 2 is 2.00 bits per heavy atom. The molecule has 10 heteroatoms. The summed E-state index contributed by atoms with van der Waals surface area (Å²) in [5.74, 6) is 0.0708. The number of benzene rings is 1. The van der Waals surface area contributed by atoms with Crippen LogP contribution in [0.15, 0.2) is 40.8 Å². The van der Waals surface area contributed by atoms with E-state index in [-0.39, 0.29) is 24.0 Å². The van der Waals surface area contributed by atoms with Crippen LogP contribution in [-0.4, -0.2) is 43.6 Å². The van der Waals surface area contributed by atoms with Gasteiger partial charge >= 0.3 is 0 Å². The van der Waals surface area contributed by atoms with Gasteiger partial charge in [0, 0.05) is 11.2 Å². The number of carbonyl (C=O) groups excluding carboxylic acids is 2. The van der Waals surface area contributed by atoms with E-state index < -0.39 is 23.3 Å². The minimum atomic E-state index is -0.834. The van der Waals surface area contributed by atoms with E-state index in [0.717, 1.165) is 4.80 Å². The number of aromatic nitrogens is 4. The van der Waals surface area contributed by atoms with E-state index in [0.29, 0.717) is 24.4 Å². The highest BCUT2D eigenvalue weighted by atomic mass is 19.1. The highest BCUT2D eigenvalue weighted by Crippen LogP contribution is 2.23. The van der Waals surface area contributed by atoms with Crippen molar-refractivity contribution >= 4 is 17.5 Å². The zero-order valence-electron chi connectivity index (χ0n) is 19.5. The maximum atomic E-state index is 14.0. The number of tetrazole rings is 1. The first-order valence-electron chi connectivity index (χ1n) is 10.8. The first-order chi connectivity index (χ1) is 15.6. The smallest absolute Gasteiger partial charge is 0.251 e. The molecular formula is C23H29FN6O3. The van der Waals surface area contributed by atoms with Crippen LogP contribution in [0.2, 0.25) is 0 Å². The molecule has 1 atom stereocenters. The predicted molar refractivity (Wildman–Crippen MR) is 121 cm³/mol. The average Bonchev–Trinajstić information content (AvgIpc) is 3.35. The lowest BCUT2D eigenvalue weighted by atomic mass is 10.0. The van der Waals surface area contributed by atoms with Crippen molar-refractivity contribution in [1.82, 2.24) is 25.5 Å². The molecule has 0 bridgehead atoms. The summed E-state index contributed by atoms with van der Waals surface area (Å²) in [4.78, 5) is 29.0. The number of amides is 2. The Bertz CT molecular complexity index is 1120. The lowest BCUT2D eigenvalue weighted by Crippen LogP contribution is -2.54. The third kappa shape index (κ3) is 6.24. The number of aryl methyl sites for hydroxylation is 1. The minimum absolute atomic E-state index is 0.240. The molecule has 2 aromatic heterocycles. The van der Waals surface area contributed by atoms with Gasteiger partial charge in [-0.25, -0.2) is 4.39 Å². The highest BCUT2D eigenvalue weighted by molar-refractivity contribution is 6.00. The fraction of sp³-hybridized carbons (Fsp3) is 0.435. The second kappa shape index (κ2) is 9.93. The molecule has 0 unspecified atom stereocenters. The van der Waals surface area contributed by atoms with Crippen molar-refractivity contribution in [2.24, 2.45) is 0 Å². The molecule has 9 nitrogen and oxygen atoms in total. The Balaban J connectivity index is 1.92. The topological polar surface area (TPSA) is 106 Å². The minimum Gasteiger partial charge on any atom is -0.458 e. The largest absolute Gasteiger partial charge is 0.458 e. The molecule has 0 spiro atoms. The van der Waals surface area contributed by atoms with Crippen molar-refractivity contribution in [1.29, 1.82) is 0 Å². The van der Waals surface area contributed by atoms with Crippen LogP contribution < -0.4 is 10.2 Å². The molecule has 176 valence electrons. The fourth-order valence-electron chi connectivity index (χ4n) is 3.39. The van der Waals surface area contributed by atoms with Crippen LogP contribution in [0.5, 0.6) is 0 Å². The van der Waals surface area contributed by atoms with Crippen LogP contribution in [-0.2, 0) is 16.1 Å². The van der Waals surface area contributed by atoms with Gasteiger partial charge in [0.1, 0.15) is 24.2 Å². The van der Waals surface area contributed by atoms with Gasteiger partial charge in [-0.15, -0.1) is 10.2 Å². The van der Waals surface area contributed by atoms with Crippen molar-refractivity contribution < 1.29 is 18.4 Å². The van der Waals surface area contributed by atoms with Gasteiger partial charge in [0.25, 0.3) is 5.91 Å². The van der Waals surface area contributed by atoms with E-state index in [1.54, 1.807) is 25.1 Å². The molecule has 1 N–H and O–H groups in total. The first-order valence-corrected chi connectivity index (χ1v) is 10.8. The van der Waals surface area contributed by atoms with Gasteiger partial charge in [-0.1, -0.05) is 19.4 Å². The molecule has 1 aromatic carbocycles. The number of furan rings is 1. The zero-order chi connectivity index (χ0) is 24.2. The van der Waals surface area contributed by atoms with Crippen molar-refractivity contribution in [3.63, 3.8) is 0 Å². The van der Waals surface area contributed by atoms with E-state index in [9.17, 15) is 14.0 Å². The number of nitrogens with one attached hydrogen (secondary N) is 1. The molecule has 0 fully saturated rings. The van der Waals surface area contributed by atoms with Gasteiger partial charge < -0.3 is 9.73 Å². The summed E-state index contributed by atoms with van der Waals surface area (Å²) in [6, 6.07) is 8.27. The van der Waals surface area contributed by atoms with Crippen LogP contribution in [0.4, 0.5) is 10.1 Å². The molecule has 0 saturated carbocycles. The maximum Gasteiger partial charge on any atom is 0.251 e. The molecule has 0 aliphatic rings. The van der Waals surface area contributed by atoms with Crippen LogP contribution >= 0.6 is 0 Å². The van der Waals surface area contributed by atoms with Crippen molar-refractivity contribution in [2.45, 2.75) is 65.6 Å². The van der Waals surface area contributed by atoms with Crippen LogP contribution in [0, 0.1) is 12.7 Å². The number of anilines is 1. The monoisotopic (exact) mass is 456 g/mol. The summed E-state index contributed by atoms with van der Waals surface area (Å²) in [5.41, 5.74) is -0.215. The Kier molecular flexibility index (Phi) is 7.25. The molecule has 0 radical (unpaired) electrons. The van der Waals surface area contributed by atoms with Crippen LogP contribution in [0.25, 0.3) is 11.6 Å². The van der Waals surface area contributed by atoms with Gasteiger partial charge in [-0.3, -0.25) is 14.5 Å². The van der Waals surface area contributed by atoms with E-state index in [1.165, 1.54) is 23.1 Å². The molecule has 33 heavy (non-hydrogen) atoms. The van der Waals surface area contributed by atoms with E-state index in [4.69, 9.17) is 4.42 Å². The predicted octanol–water partition coefficient (Wildman–Crippen LogP) is 3.50. The Morgan fingerprint density at radius 3 is 2.61 bits per heavy atom. The molecular weight excluding hydrogens is 427 g/mol. The molecule has 0 aliphatic carbocycles. The molecule has 0 saturated heterocycles. The van der Waals surface area contributed by atoms with Crippen molar-refractivity contribution in [2.75, 3.05) is 4.90 Å². The summed E-state index contributed by atoms with van der Waals surface area (Å²) >= 11 is 0. The number of carbonyl (C=O) groups is 2. The number of hydrogen-bond acceptors (Lipinski definition) is 6. The van der Waals surface area contributed by atoms with Crippen LogP contribution in [0.1, 0.15) is 46.3 Å². The number of rotatable bonds is 8. The van der Waals surface area contributed by atoms with E-state index >= 15 is 0 Å². The summed E-state index contributed by atoms with van der Waals surface area (Å²) in [7, 11) is 0. The summed E-state index contributed by atoms with van der Waals surface area (Å²) in [5, 5.41) is 15.0. The van der Waals surface area contributed by atoms with Gasteiger partial charge in [0.05, 0.1) is 0 Å². The second-order valence-corrected chi connectivity index (χ2v) is 8.84. The average molecular weight is 457 g/mol. The number of nitrogens with zero attached hydrogens (tertiary/aromatic N) is 5. The second-order valence-electron chi connectivity index (χ2n) is 8.84. The van der Waals surface area contributed by atoms with Gasteiger partial charge in [0.15, 0.2) is 5.76 Å². The SMILES string of the molecule is CCC[C@@H](C(=O)NC(C)(C)C)N(C(=O)Cn1nnc(-c2ccc(C)o2)n1)c1cccc(F)c1.